The van der Waals surface area contributed by atoms with E-state index in [4.69, 9.17) is 4.74 Å². The first kappa shape index (κ1) is 16.7. The molecule has 0 radical (unpaired) electrons. The largest absolute Gasteiger partial charge is 0.375 e. The molecule has 2 fully saturated rings. The SMILES string of the molecule is CC1CN(C(=O)CN2CCN(c3ccc(Br)cn3)CC2)CCO1. The fraction of sp³-hybridized carbons (Fsp3) is 0.625. The van der Waals surface area contributed by atoms with E-state index in [0.29, 0.717) is 26.2 Å². The Labute approximate surface area is 145 Å². The number of hydrogen-bond acceptors (Lipinski definition) is 5. The molecule has 0 bridgehead atoms. The van der Waals surface area contributed by atoms with Crippen molar-refractivity contribution in [2.24, 2.45) is 0 Å². The summed E-state index contributed by atoms with van der Waals surface area (Å²) in [5.41, 5.74) is 0. The molecule has 7 heteroatoms. The van der Waals surface area contributed by atoms with Crippen LogP contribution in [-0.2, 0) is 9.53 Å². The lowest BCUT2D eigenvalue weighted by molar-refractivity contribution is -0.139. The summed E-state index contributed by atoms with van der Waals surface area (Å²) in [6.45, 7) is 8.19. The van der Waals surface area contributed by atoms with E-state index in [2.05, 4.69) is 30.7 Å². The Kier molecular flexibility index (Phi) is 5.50. The number of nitrogens with zero attached hydrogens (tertiary/aromatic N) is 4. The summed E-state index contributed by atoms with van der Waals surface area (Å²) in [5, 5.41) is 0. The molecule has 3 rings (SSSR count). The lowest BCUT2D eigenvalue weighted by atomic mass is 10.2. The van der Waals surface area contributed by atoms with Crippen LogP contribution in [0.15, 0.2) is 22.8 Å². The molecule has 1 unspecified atom stereocenters. The van der Waals surface area contributed by atoms with Crippen molar-refractivity contribution in [3.63, 3.8) is 0 Å². The maximum absolute atomic E-state index is 12.4. The predicted octanol–water partition coefficient (Wildman–Crippen LogP) is 1.21. The molecule has 2 aliphatic heterocycles. The number of piperazine rings is 1. The topological polar surface area (TPSA) is 48.9 Å². The highest BCUT2D eigenvalue weighted by molar-refractivity contribution is 9.10. The van der Waals surface area contributed by atoms with Crippen LogP contribution >= 0.6 is 15.9 Å². The Bertz CT molecular complexity index is 531. The van der Waals surface area contributed by atoms with Gasteiger partial charge in [0.05, 0.1) is 19.3 Å². The third-order valence-electron chi connectivity index (χ3n) is 4.36. The Morgan fingerprint density at radius 1 is 1.30 bits per heavy atom. The zero-order chi connectivity index (χ0) is 16.2. The van der Waals surface area contributed by atoms with Crippen LogP contribution in [0.2, 0.25) is 0 Å². The van der Waals surface area contributed by atoms with E-state index in [-0.39, 0.29) is 12.0 Å². The van der Waals surface area contributed by atoms with Crippen molar-refractivity contribution in [1.29, 1.82) is 0 Å². The highest BCUT2D eigenvalue weighted by Crippen LogP contribution is 2.16. The molecule has 23 heavy (non-hydrogen) atoms. The van der Waals surface area contributed by atoms with Gasteiger partial charge in [-0.25, -0.2) is 4.98 Å². The third-order valence-corrected chi connectivity index (χ3v) is 4.83. The fourth-order valence-corrected chi connectivity index (χ4v) is 3.26. The smallest absolute Gasteiger partial charge is 0.236 e. The number of halogens is 1. The highest BCUT2D eigenvalue weighted by Gasteiger charge is 2.25. The Morgan fingerprint density at radius 2 is 2.09 bits per heavy atom. The average molecular weight is 383 g/mol. The molecule has 0 spiro atoms. The standard InChI is InChI=1S/C16H23BrN4O2/c1-13-11-21(8-9-23-13)16(22)12-19-4-6-20(7-5-19)15-3-2-14(17)10-18-15/h2-3,10,13H,4-9,11-12H2,1H3. The summed E-state index contributed by atoms with van der Waals surface area (Å²) in [6, 6.07) is 4.04. The van der Waals surface area contributed by atoms with Crippen molar-refractivity contribution < 1.29 is 9.53 Å². The second-order valence-electron chi connectivity index (χ2n) is 6.12. The van der Waals surface area contributed by atoms with Crippen LogP contribution in [0.25, 0.3) is 0 Å². The summed E-state index contributed by atoms with van der Waals surface area (Å²) in [4.78, 5) is 23.3. The summed E-state index contributed by atoms with van der Waals surface area (Å²) in [6.07, 6.45) is 1.97. The number of hydrogen-bond donors (Lipinski definition) is 0. The van der Waals surface area contributed by atoms with E-state index in [1.54, 1.807) is 0 Å². The van der Waals surface area contributed by atoms with Gasteiger partial charge in [0.2, 0.25) is 5.91 Å². The maximum Gasteiger partial charge on any atom is 0.236 e. The Morgan fingerprint density at radius 3 is 2.74 bits per heavy atom. The van der Waals surface area contributed by atoms with E-state index in [9.17, 15) is 4.79 Å². The number of rotatable bonds is 3. The van der Waals surface area contributed by atoms with Gasteiger partial charge in [-0.15, -0.1) is 0 Å². The molecule has 0 saturated carbocycles. The van der Waals surface area contributed by atoms with Gasteiger partial charge >= 0.3 is 0 Å². The van der Waals surface area contributed by atoms with E-state index in [1.165, 1.54) is 0 Å². The van der Waals surface area contributed by atoms with Gasteiger partial charge < -0.3 is 14.5 Å². The van der Waals surface area contributed by atoms with Crippen molar-refractivity contribution in [2.75, 3.05) is 57.3 Å². The number of pyridine rings is 1. The minimum atomic E-state index is 0.146. The summed E-state index contributed by atoms with van der Waals surface area (Å²) >= 11 is 3.41. The van der Waals surface area contributed by atoms with Crippen molar-refractivity contribution >= 4 is 27.7 Å². The van der Waals surface area contributed by atoms with Crippen LogP contribution in [0.5, 0.6) is 0 Å². The van der Waals surface area contributed by atoms with Crippen LogP contribution in [-0.4, -0.2) is 79.2 Å². The molecular formula is C16H23BrN4O2. The molecule has 1 amide bonds. The van der Waals surface area contributed by atoms with Crippen molar-refractivity contribution in [3.05, 3.63) is 22.8 Å². The summed E-state index contributed by atoms with van der Waals surface area (Å²) in [5.74, 6) is 1.22. The lowest BCUT2D eigenvalue weighted by Gasteiger charge is -2.37. The predicted molar refractivity (Wildman–Crippen MR) is 92.6 cm³/mol. The molecule has 1 aromatic heterocycles. The normalized spacial score (nSPS) is 23.1. The molecule has 0 aromatic carbocycles. The van der Waals surface area contributed by atoms with Crippen LogP contribution in [0.4, 0.5) is 5.82 Å². The van der Waals surface area contributed by atoms with Gasteiger partial charge in [0.15, 0.2) is 0 Å². The minimum Gasteiger partial charge on any atom is -0.375 e. The number of aromatic nitrogens is 1. The maximum atomic E-state index is 12.4. The Hall–Kier alpha value is -1.18. The third kappa shape index (κ3) is 4.43. The second-order valence-corrected chi connectivity index (χ2v) is 7.03. The van der Waals surface area contributed by atoms with Gasteiger partial charge in [0.25, 0.3) is 0 Å². The lowest BCUT2D eigenvalue weighted by Crippen LogP contribution is -2.52. The molecule has 126 valence electrons. The minimum absolute atomic E-state index is 0.146. The number of morpholine rings is 1. The number of amides is 1. The van der Waals surface area contributed by atoms with Gasteiger partial charge in [-0.1, -0.05) is 0 Å². The summed E-state index contributed by atoms with van der Waals surface area (Å²) in [7, 11) is 0. The van der Waals surface area contributed by atoms with Crippen molar-refractivity contribution in [2.45, 2.75) is 13.0 Å². The molecular weight excluding hydrogens is 360 g/mol. The first-order valence-electron chi connectivity index (χ1n) is 8.10. The first-order valence-corrected chi connectivity index (χ1v) is 8.89. The molecule has 6 nitrogen and oxygen atoms in total. The molecule has 0 N–H and O–H groups in total. The average Bonchev–Trinajstić information content (AvgIpc) is 2.56. The van der Waals surface area contributed by atoms with Crippen molar-refractivity contribution in [1.82, 2.24) is 14.8 Å². The van der Waals surface area contributed by atoms with E-state index < -0.39 is 0 Å². The molecule has 1 aromatic rings. The van der Waals surface area contributed by atoms with E-state index in [1.807, 2.05) is 30.2 Å². The monoisotopic (exact) mass is 382 g/mol. The van der Waals surface area contributed by atoms with Gasteiger partial charge in [-0.05, 0) is 35.0 Å². The van der Waals surface area contributed by atoms with E-state index >= 15 is 0 Å². The van der Waals surface area contributed by atoms with E-state index in [0.717, 1.165) is 36.5 Å². The number of carbonyl (C=O) groups is 1. The van der Waals surface area contributed by atoms with Gasteiger partial charge in [0.1, 0.15) is 5.82 Å². The zero-order valence-corrected chi connectivity index (χ0v) is 15.0. The van der Waals surface area contributed by atoms with Gasteiger partial charge in [0, 0.05) is 49.9 Å². The van der Waals surface area contributed by atoms with Gasteiger partial charge in [-0.2, -0.15) is 0 Å². The number of anilines is 1. The van der Waals surface area contributed by atoms with Crippen molar-refractivity contribution in [3.8, 4) is 0 Å². The first-order chi connectivity index (χ1) is 11.1. The number of ether oxygens (including phenoxy) is 1. The zero-order valence-electron chi connectivity index (χ0n) is 13.4. The van der Waals surface area contributed by atoms with Crippen LogP contribution < -0.4 is 4.90 Å². The molecule has 0 aliphatic carbocycles. The number of carbonyl (C=O) groups excluding carboxylic acids is 1. The highest BCUT2D eigenvalue weighted by atomic mass is 79.9. The second kappa shape index (κ2) is 7.59. The van der Waals surface area contributed by atoms with Crippen LogP contribution in [0.3, 0.4) is 0 Å². The molecule has 2 saturated heterocycles. The fourth-order valence-electron chi connectivity index (χ4n) is 3.03. The van der Waals surface area contributed by atoms with Crippen LogP contribution in [0, 0.1) is 0 Å². The van der Waals surface area contributed by atoms with Crippen LogP contribution in [0.1, 0.15) is 6.92 Å². The molecule has 3 heterocycles. The molecule has 1 atom stereocenters. The molecule has 2 aliphatic rings. The quantitative estimate of drug-likeness (QED) is 0.786. The summed E-state index contributed by atoms with van der Waals surface area (Å²) < 4.78 is 6.49. The van der Waals surface area contributed by atoms with Gasteiger partial charge in [-0.3, -0.25) is 9.69 Å². The Balaban J connectivity index is 1.47.